The van der Waals surface area contributed by atoms with E-state index in [4.69, 9.17) is 13.9 Å². The normalized spacial score (nSPS) is 15.1. The zero-order chi connectivity index (χ0) is 22.2. The van der Waals surface area contributed by atoms with Crippen molar-refractivity contribution in [3.05, 3.63) is 105 Å². The number of benzene rings is 3. The predicted octanol–water partition coefficient (Wildman–Crippen LogP) is 4.56. The molecule has 6 heteroatoms. The third-order valence-corrected chi connectivity index (χ3v) is 5.75. The van der Waals surface area contributed by atoms with Gasteiger partial charge in [-0.1, -0.05) is 48.5 Å². The van der Waals surface area contributed by atoms with Crippen molar-refractivity contribution in [1.82, 2.24) is 4.90 Å². The van der Waals surface area contributed by atoms with Gasteiger partial charge in [0.25, 0.3) is 5.91 Å². The van der Waals surface area contributed by atoms with Crippen LogP contribution in [0.5, 0.6) is 11.5 Å². The number of nitrogens with zero attached hydrogens (tertiary/aromatic N) is 1. The largest absolute Gasteiger partial charge is 0.493 e. The Balaban J connectivity index is 1.55. The van der Waals surface area contributed by atoms with E-state index in [2.05, 4.69) is 0 Å². The molecule has 32 heavy (non-hydrogen) atoms. The molecule has 160 valence electrons. The number of fused-ring (bicyclic) bond motifs is 2. The molecule has 0 saturated carbocycles. The number of carbonyl (C=O) groups is 1. The Kier molecular flexibility index (Phi) is 4.90. The maximum Gasteiger partial charge on any atom is 0.290 e. The summed E-state index contributed by atoms with van der Waals surface area (Å²) < 4.78 is 17.3. The van der Waals surface area contributed by atoms with Gasteiger partial charge in [-0.05, 0) is 35.4 Å². The average molecular weight is 427 g/mol. The average Bonchev–Trinajstić information content (AvgIpc) is 3.09. The maximum atomic E-state index is 13.3. The van der Waals surface area contributed by atoms with Gasteiger partial charge in [-0.25, -0.2) is 0 Å². The molecule has 0 saturated heterocycles. The molecule has 0 fully saturated rings. The van der Waals surface area contributed by atoms with Gasteiger partial charge in [0, 0.05) is 7.05 Å². The van der Waals surface area contributed by atoms with Crippen LogP contribution in [-0.4, -0.2) is 25.0 Å². The van der Waals surface area contributed by atoms with Crippen LogP contribution >= 0.6 is 0 Å². The molecular weight excluding hydrogens is 406 g/mol. The van der Waals surface area contributed by atoms with E-state index in [1.807, 2.05) is 36.4 Å². The molecule has 0 radical (unpaired) electrons. The minimum absolute atomic E-state index is 0.0876. The van der Waals surface area contributed by atoms with Crippen LogP contribution in [0.3, 0.4) is 0 Å². The number of methoxy groups -OCH3 is 1. The van der Waals surface area contributed by atoms with E-state index in [-0.39, 0.29) is 17.1 Å². The molecule has 1 aromatic heterocycles. The number of amides is 1. The second kappa shape index (κ2) is 7.89. The lowest BCUT2D eigenvalue weighted by molar-refractivity contribution is 0.0771. The molecule has 3 aromatic carbocycles. The van der Waals surface area contributed by atoms with Gasteiger partial charge in [-0.15, -0.1) is 0 Å². The monoisotopic (exact) mass is 427 g/mol. The summed E-state index contributed by atoms with van der Waals surface area (Å²) in [5.41, 5.74) is 2.33. The van der Waals surface area contributed by atoms with Gasteiger partial charge in [0.05, 0.1) is 24.1 Å². The van der Waals surface area contributed by atoms with Gasteiger partial charge in [-0.2, -0.15) is 0 Å². The smallest absolute Gasteiger partial charge is 0.290 e. The summed E-state index contributed by atoms with van der Waals surface area (Å²) >= 11 is 0. The molecule has 1 aliphatic heterocycles. The highest BCUT2D eigenvalue weighted by Gasteiger charge is 2.40. The van der Waals surface area contributed by atoms with Crippen LogP contribution in [0.1, 0.15) is 33.3 Å². The molecule has 0 spiro atoms. The fraction of sp³-hybridized carbons (Fsp3) is 0.154. The van der Waals surface area contributed by atoms with Crippen LogP contribution in [0, 0.1) is 0 Å². The number of hydrogen-bond acceptors (Lipinski definition) is 5. The third kappa shape index (κ3) is 3.21. The van der Waals surface area contributed by atoms with Gasteiger partial charge in [0.2, 0.25) is 5.76 Å². The SMILES string of the molecule is COc1cc([C@@H]2c3c(oc4ccccc4c3=O)C(=O)N2C)ccc1OCc1ccccc1. The van der Waals surface area contributed by atoms with Crippen molar-refractivity contribution >= 4 is 16.9 Å². The lowest BCUT2D eigenvalue weighted by Crippen LogP contribution is -2.25. The van der Waals surface area contributed by atoms with Crippen molar-refractivity contribution < 1.29 is 18.7 Å². The van der Waals surface area contributed by atoms with Gasteiger partial charge < -0.3 is 18.8 Å². The Labute approximate surface area is 184 Å². The van der Waals surface area contributed by atoms with E-state index in [0.717, 1.165) is 11.1 Å². The molecule has 1 atom stereocenters. The number of rotatable bonds is 5. The summed E-state index contributed by atoms with van der Waals surface area (Å²) in [6, 6.07) is 21.7. The third-order valence-electron chi connectivity index (χ3n) is 5.75. The quantitative estimate of drug-likeness (QED) is 0.467. The fourth-order valence-electron chi connectivity index (χ4n) is 4.13. The molecular formula is C26H21NO5. The molecule has 6 nitrogen and oxygen atoms in total. The fourth-order valence-corrected chi connectivity index (χ4v) is 4.13. The van der Waals surface area contributed by atoms with Gasteiger partial charge >= 0.3 is 0 Å². The van der Waals surface area contributed by atoms with E-state index >= 15 is 0 Å². The van der Waals surface area contributed by atoms with Crippen LogP contribution in [0.15, 0.2) is 82.0 Å². The van der Waals surface area contributed by atoms with E-state index in [9.17, 15) is 9.59 Å². The minimum Gasteiger partial charge on any atom is -0.493 e. The number of carbonyl (C=O) groups excluding carboxylic acids is 1. The van der Waals surface area contributed by atoms with Crippen LogP contribution in [0.2, 0.25) is 0 Å². The molecule has 1 aliphatic rings. The Morgan fingerprint density at radius 3 is 2.47 bits per heavy atom. The van der Waals surface area contributed by atoms with Gasteiger partial charge in [0.1, 0.15) is 12.2 Å². The van der Waals surface area contributed by atoms with Crippen LogP contribution in [-0.2, 0) is 6.61 Å². The van der Waals surface area contributed by atoms with Crippen LogP contribution < -0.4 is 14.9 Å². The van der Waals surface area contributed by atoms with Gasteiger partial charge in [0.15, 0.2) is 16.9 Å². The Bertz CT molecular complexity index is 1380. The summed E-state index contributed by atoms with van der Waals surface area (Å²) in [6.07, 6.45) is 0. The second-order valence-electron chi connectivity index (χ2n) is 7.67. The molecule has 0 aliphatic carbocycles. The van der Waals surface area contributed by atoms with Crippen LogP contribution in [0.4, 0.5) is 0 Å². The number of para-hydroxylation sites is 1. The summed E-state index contributed by atoms with van der Waals surface area (Å²) in [5, 5.41) is 0.453. The summed E-state index contributed by atoms with van der Waals surface area (Å²) in [5.74, 6) is 0.872. The zero-order valence-corrected chi connectivity index (χ0v) is 17.7. The first-order valence-electron chi connectivity index (χ1n) is 10.3. The van der Waals surface area contributed by atoms with Crippen LogP contribution in [0.25, 0.3) is 11.0 Å². The highest BCUT2D eigenvalue weighted by Crippen LogP contribution is 2.40. The van der Waals surface area contributed by atoms with Crippen molar-refractivity contribution in [1.29, 1.82) is 0 Å². The van der Waals surface area contributed by atoms with Gasteiger partial charge in [-0.3, -0.25) is 9.59 Å². The molecule has 5 rings (SSSR count). The number of ether oxygens (including phenoxy) is 2. The topological polar surface area (TPSA) is 69.0 Å². The highest BCUT2D eigenvalue weighted by molar-refractivity contribution is 5.98. The molecule has 0 N–H and O–H groups in total. The van der Waals surface area contributed by atoms with Crippen molar-refractivity contribution in [2.45, 2.75) is 12.6 Å². The Morgan fingerprint density at radius 2 is 1.69 bits per heavy atom. The van der Waals surface area contributed by atoms with E-state index in [0.29, 0.717) is 34.6 Å². The first-order chi connectivity index (χ1) is 15.6. The Hall–Kier alpha value is -4.06. The molecule has 4 aromatic rings. The summed E-state index contributed by atoms with van der Waals surface area (Å²) in [7, 11) is 3.23. The van der Waals surface area contributed by atoms with Crippen molar-refractivity contribution in [3.8, 4) is 11.5 Å². The van der Waals surface area contributed by atoms with Crippen molar-refractivity contribution in [2.75, 3.05) is 14.2 Å². The highest BCUT2D eigenvalue weighted by atomic mass is 16.5. The molecule has 2 heterocycles. The minimum atomic E-state index is -0.574. The first-order valence-corrected chi connectivity index (χ1v) is 10.3. The molecule has 0 unspecified atom stereocenters. The summed E-state index contributed by atoms with van der Waals surface area (Å²) in [4.78, 5) is 27.7. The van der Waals surface area contributed by atoms with Crippen molar-refractivity contribution in [3.63, 3.8) is 0 Å². The summed E-state index contributed by atoms with van der Waals surface area (Å²) in [6.45, 7) is 0.400. The molecule has 1 amide bonds. The maximum absolute atomic E-state index is 13.3. The number of hydrogen-bond donors (Lipinski definition) is 0. The van der Waals surface area contributed by atoms with E-state index in [1.54, 1.807) is 50.6 Å². The molecule has 0 bridgehead atoms. The lowest BCUT2D eigenvalue weighted by Gasteiger charge is -2.21. The first kappa shape index (κ1) is 19.9. The second-order valence-corrected chi connectivity index (χ2v) is 7.67. The Morgan fingerprint density at radius 1 is 0.938 bits per heavy atom. The zero-order valence-electron chi connectivity index (χ0n) is 17.7. The predicted molar refractivity (Wildman–Crippen MR) is 120 cm³/mol. The van der Waals surface area contributed by atoms with Crippen molar-refractivity contribution in [2.24, 2.45) is 0 Å². The van der Waals surface area contributed by atoms with E-state index < -0.39 is 6.04 Å². The van der Waals surface area contributed by atoms with E-state index in [1.165, 1.54) is 4.90 Å². The lowest BCUT2D eigenvalue weighted by atomic mass is 9.98. The standard InChI is InChI=1S/C26H21NO5/c1-27-23(22-24(28)18-10-6-7-11-19(18)32-25(22)26(27)29)17-12-13-20(21(14-17)30-2)31-15-16-8-4-3-5-9-16/h3-14,23H,15H2,1-2H3/t23-/m1/s1.